The van der Waals surface area contributed by atoms with Crippen LogP contribution in [0, 0.1) is 5.92 Å². The number of ether oxygens (including phenoxy) is 1. The van der Waals surface area contributed by atoms with Gasteiger partial charge in [-0.1, -0.05) is 38.0 Å². The van der Waals surface area contributed by atoms with E-state index in [1.807, 2.05) is 37.3 Å². The summed E-state index contributed by atoms with van der Waals surface area (Å²) in [6, 6.07) is 9.49. The molecule has 1 aromatic carbocycles. The number of ketones is 1. The van der Waals surface area contributed by atoms with E-state index in [2.05, 4.69) is 27.2 Å². The fourth-order valence-corrected chi connectivity index (χ4v) is 4.76. The van der Waals surface area contributed by atoms with E-state index in [0.29, 0.717) is 54.9 Å². The van der Waals surface area contributed by atoms with Gasteiger partial charge in [-0.25, -0.2) is 9.97 Å². The molecule has 1 aliphatic rings. The number of oxazole rings is 1. The van der Waals surface area contributed by atoms with Gasteiger partial charge in [-0.05, 0) is 37.9 Å². The van der Waals surface area contributed by atoms with Gasteiger partial charge in [0.2, 0.25) is 17.7 Å². The Labute approximate surface area is 212 Å². The molecule has 0 spiro atoms. The third-order valence-corrected chi connectivity index (χ3v) is 6.76. The summed E-state index contributed by atoms with van der Waals surface area (Å²) >= 11 is 0. The van der Waals surface area contributed by atoms with Gasteiger partial charge < -0.3 is 19.4 Å². The molecule has 1 N–H and O–H groups in total. The molecule has 8 heteroatoms. The van der Waals surface area contributed by atoms with Gasteiger partial charge in [-0.3, -0.25) is 9.59 Å². The van der Waals surface area contributed by atoms with Gasteiger partial charge in [0.05, 0.1) is 24.4 Å². The molecule has 0 radical (unpaired) electrons. The first-order chi connectivity index (χ1) is 17.5. The quantitative estimate of drug-likeness (QED) is 0.338. The second-order valence-electron chi connectivity index (χ2n) is 9.70. The van der Waals surface area contributed by atoms with Gasteiger partial charge in [0, 0.05) is 37.7 Å². The van der Waals surface area contributed by atoms with E-state index < -0.39 is 0 Å². The zero-order chi connectivity index (χ0) is 25.5. The molecular formula is C28H36N4O4. The predicted octanol–water partition coefficient (Wildman–Crippen LogP) is 4.94. The second-order valence-corrected chi connectivity index (χ2v) is 9.70. The minimum Gasteiger partial charge on any atom is -0.480 e. The van der Waals surface area contributed by atoms with E-state index in [1.165, 1.54) is 0 Å². The summed E-state index contributed by atoms with van der Waals surface area (Å²) in [7, 11) is 3.65. The van der Waals surface area contributed by atoms with Gasteiger partial charge in [0.25, 0.3) is 0 Å². The molecule has 8 nitrogen and oxygen atoms in total. The van der Waals surface area contributed by atoms with Crippen LogP contribution >= 0.6 is 0 Å². The number of benzene rings is 1. The number of rotatable bonds is 13. The zero-order valence-electron chi connectivity index (χ0n) is 21.5. The molecule has 192 valence electrons. The maximum absolute atomic E-state index is 12.8. The van der Waals surface area contributed by atoms with Crippen molar-refractivity contribution in [2.45, 2.75) is 57.9 Å². The molecule has 1 fully saturated rings. The minimum atomic E-state index is -0.328. The lowest BCUT2D eigenvalue weighted by Crippen LogP contribution is -2.46. The van der Waals surface area contributed by atoms with Crippen molar-refractivity contribution >= 4 is 22.6 Å². The third kappa shape index (κ3) is 6.49. The Bertz CT molecular complexity index is 1190. The van der Waals surface area contributed by atoms with Crippen LogP contribution in [0.1, 0.15) is 63.8 Å². The van der Waals surface area contributed by atoms with Crippen molar-refractivity contribution in [3.8, 4) is 17.2 Å². The average molecular weight is 493 g/mol. The molecular weight excluding hydrogens is 456 g/mol. The highest BCUT2D eigenvalue weighted by molar-refractivity contribution is 5.85. The summed E-state index contributed by atoms with van der Waals surface area (Å²) in [6.07, 6.45) is 6.71. The van der Waals surface area contributed by atoms with Crippen LogP contribution in [0.5, 0.6) is 5.88 Å². The first-order valence-electron chi connectivity index (χ1n) is 12.9. The van der Waals surface area contributed by atoms with E-state index in [0.717, 1.165) is 48.8 Å². The molecule has 1 saturated heterocycles. The summed E-state index contributed by atoms with van der Waals surface area (Å²) < 4.78 is 11.7. The molecule has 0 saturated carbocycles. The van der Waals surface area contributed by atoms with Crippen LogP contribution < -0.4 is 10.1 Å². The van der Waals surface area contributed by atoms with Crippen molar-refractivity contribution in [2.75, 3.05) is 27.2 Å². The van der Waals surface area contributed by atoms with Crippen LogP contribution in [0.25, 0.3) is 22.2 Å². The van der Waals surface area contributed by atoms with Crippen LogP contribution in [-0.2, 0) is 9.59 Å². The first kappa shape index (κ1) is 25.8. The Balaban J connectivity index is 1.49. The number of pyridine rings is 1. The van der Waals surface area contributed by atoms with Crippen molar-refractivity contribution in [2.24, 2.45) is 5.92 Å². The standard InChI is InChI=1S/C28H36N4O4/c1-4-21(33)11-6-5-7-13-24(30-26(34)14-19-17-32(2)18-19)28-29-16-25(36-28)22-15-20-10-8-9-12-23(20)31-27(22)35-3/h8-10,12,15-16,19,24H,4-7,11,13-14,17-18H2,1-3H3,(H,30,34)/t24-/m0/s1. The highest BCUT2D eigenvalue weighted by Gasteiger charge is 2.28. The Hall–Kier alpha value is -3.26. The maximum atomic E-state index is 12.8. The first-order valence-corrected chi connectivity index (χ1v) is 12.9. The topological polar surface area (TPSA) is 97.6 Å². The van der Waals surface area contributed by atoms with Crippen molar-refractivity contribution in [3.05, 3.63) is 42.4 Å². The molecule has 1 amide bonds. The molecule has 3 aromatic rings. The highest BCUT2D eigenvalue weighted by atomic mass is 16.5. The summed E-state index contributed by atoms with van der Waals surface area (Å²) in [6.45, 7) is 3.79. The number of carbonyl (C=O) groups is 2. The number of likely N-dealkylation sites (tertiary alicyclic amines) is 1. The summed E-state index contributed by atoms with van der Waals surface area (Å²) in [4.78, 5) is 35.8. The van der Waals surface area contributed by atoms with Gasteiger partial charge in [-0.15, -0.1) is 0 Å². The van der Waals surface area contributed by atoms with Crippen LogP contribution in [0.4, 0.5) is 0 Å². The highest BCUT2D eigenvalue weighted by Crippen LogP contribution is 2.33. The SMILES string of the molecule is CCC(=O)CCCCC[C@H](NC(=O)CC1CN(C)C1)c1ncc(-c2cc3ccccc3nc2OC)o1. The molecule has 0 unspecified atom stereocenters. The Morgan fingerprint density at radius 1 is 1.22 bits per heavy atom. The van der Waals surface area contributed by atoms with Crippen LogP contribution in [0.2, 0.25) is 0 Å². The van der Waals surface area contributed by atoms with Crippen LogP contribution in [-0.4, -0.2) is 53.8 Å². The van der Waals surface area contributed by atoms with Gasteiger partial charge in [0.15, 0.2) is 5.76 Å². The molecule has 36 heavy (non-hydrogen) atoms. The number of amides is 1. The fraction of sp³-hybridized carbons (Fsp3) is 0.500. The summed E-state index contributed by atoms with van der Waals surface area (Å²) in [5, 5.41) is 4.13. The largest absolute Gasteiger partial charge is 0.480 e. The third-order valence-electron chi connectivity index (χ3n) is 6.76. The molecule has 1 atom stereocenters. The molecule has 2 aromatic heterocycles. The molecule has 3 heterocycles. The van der Waals surface area contributed by atoms with Crippen molar-refractivity contribution in [1.29, 1.82) is 0 Å². The van der Waals surface area contributed by atoms with Crippen molar-refractivity contribution in [3.63, 3.8) is 0 Å². The molecule has 4 rings (SSSR count). The van der Waals surface area contributed by atoms with E-state index in [-0.39, 0.29) is 11.9 Å². The number of fused-ring (bicyclic) bond motifs is 1. The maximum Gasteiger partial charge on any atom is 0.224 e. The van der Waals surface area contributed by atoms with E-state index >= 15 is 0 Å². The van der Waals surface area contributed by atoms with E-state index in [4.69, 9.17) is 9.15 Å². The van der Waals surface area contributed by atoms with Gasteiger partial charge in [-0.2, -0.15) is 0 Å². The predicted molar refractivity (Wildman–Crippen MR) is 139 cm³/mol. The van der Waals surface area contributed by atoms with Crippen LogP contribution in [0.15, 0.2) is 40.9 Å². The number of aromatic nitrogens is 2. The zero-order valence-corrected chi connectivity index (χ0v) is 21.5. The van der Waals surface area contributed by atoms with E-state index in [1.54, 1.807) is 13.3 Å². The Morgan fingerprint density at radius 3 is 2.78 bits per heavy atom. The normalized spacial score (nSPS) is 15.0. The number of methoxy groups -OCH3 is 1. The monoisotopic (exact) mass is 492 g/mol. The Morgan fingerprint density at radius 2 is 2.03 bits per heavy atom. The summed E-state index contributed by atoms with van der Waals surface area (Å²) in [5.74, 6) is 2.19. The Kier molecular flexibility index (Phi) is 8.70. The number of Topliss-reactive ketones (excluding diaryl/α,β-unsaturated/α-hetero) is 1. The van der Waals surface area contributed by atoms with E-state index in [9.17, 15) is 9.59 Å². The number of hydrogen-bond acceptors (Lipinski definition) is 7. The molecule has 0 bridgehead atoms. The minimum absolute atomic E-state index is 0.0176. The van der Waals surface area contributed by atoms with Crippen molar-refractivity contribution in [1.82, 2.24) is 20.2 Å². The fourth-order valence-electron chi connectivity index (χ4n) is 4.76. The smallest absolute Gasteiger partial charge is 0.224 e. The molecule has 0 aliphatic carbocycles. The van der Waals surface area contributed by atoms with Crippen molar-refractivity contribution < 1.29 is 18.7 Å². The number of carbonyl (C=O) groups excluding carboxylic acids is 2. The number of unbranched alkanes of at least 4 members (excludes halogenated alkanes) is 2. The summed E-state index contributed by atoms with van der Waals surface area (Å²) in [5.41, 5.74) is 1.56. The second kappa shape index (κ2) is 12.1. The number of para-hydroxylation sites is 1. The van der Waals surface area contributed by atoms with Gasteiger partial charge in [0.1, 0.15) is 11.8 Å². The average Bonchev–Trinajstić information content (AvgIpc) is 3.36. The lowest BCUT2D eigenvalue weighted by molar-refractivity contribution is -0.124. The lowest BCUT2D eigenvalue weighted by Gasteiger charge is -2.35. The number of nitrogens with zero attached hydrogens (tertiary/aromatic N) is 3. The molecule has 1 aliphatic heterocycles. The number of hydrogen-bond donors (Lipinski definition) is 1. The van der Waals surface area contributed by atoms with Crippen LogP contribution in [0.3, 0.4) is 0 Å². The van der Waals surface area contributed by atoms with Gasteiger partial charge >= 0.3 is 0 Å². The number of nitrogens with one attached hydrogen (secondary N) is 1. The lowest BCUT2D eigenvalue weighted by atomic mass is 9.96.